The number of carbonyl (C=O) groups is 1. The second-order valence-corrected chi connectivity index (χ2v) is 6.31. The highest BCUT2D eigenvalue weighted by Gasteiger charge is 2.21. The summed E-state index contributed by atoms with van der Waals surface area (Å²) >= 11 is 6.03. The van der Waals surface area contributed by atoms with Crippen LogP contribution in [0.2, 0.25) is 5.15 Å². The van der Waals surface area contributed by atoms with Crippen LogP contribution in [0.5, 0.6) is 0 Å². The van der Waals surface area contributed by atoms with E-state index in [-0.39, 0.29) is 11.5 Å². The molecule has 1 N–H and O–H groups in total. The molecule has 7 nitrogen and oxygen atoms in total. The van der Waals surface area contributed by atoms with E-state index in [2.05, 4.69) is 14.9 Å². The van der Waals surface area contributed by atoms with Crippen LogP contribution in [0.1, 0.15) is 22.6 Å². The molecule has 2 aromatic heterocycles. The van der Waals surface area contributed by atoms with E-state index in [1.165, 1.54) is 12.3 Å². The Kier molecular flexibility index (Phi) is 5.01. The average molecular weight is 350 g/mol. The number of rotatable bonds is 3. The molecule has 0 bridgehead atoms. The van der Waals surface area contributed by atoms with Gasteiger partial charge in [0, 0.05) is 45.5 Å². The molecular formula is C16H20ClN5O2. The Morgan fingerprint density at radius 3 is 2.79 bits per heavy atom. The van der Waals surface area contributed by atoms with Gasteiger partial charge in [-0.1, -0.05) is 11.6 Å². The lowest BCUT2D eigenvalue weighted by atomic mass is 10.2. The number of pyridine rings is 1. The van der Waals surface area contributed by atoms with Crippen LogP contribution in [0.4, 0.5) is 0 Å². The lowest BCUT2D eigenvalue weighted by Crippen LogP contribution is -2.35. The number of imidazole rings is 1. The maximum Gasteiger partial charge on any atom is 0.255 e. The molecule has 0 radical (unpaired) electrons. The lowest BCUT2D eigenvalue weighted by molar-refractivity contribution is 0.0760. The van der Waals surface area contributed by atoms with E-state index in [4.69, 9.17) is 11.6 Å². The minimum atomic E-state index is -0.206. The molecule has 1 fully saturated rings. The van der Waals surface area contributed by atoms with Crippen molar-refractivity contribution >= 4 is 17.5 Å². The van der Waals surface area contributed by atoms with Crippen molar-refractivity contribution in [1.82, 2.24) is 24.3 Å². The summed E-state index contributed by atoms with van der Waals surface area (Å²) in [6, 6.07) is 2.95. The van der Waals surface area contributed by atoms with Crippen LogP contribution in [0, 0.1) is 0 Å². The van der Waals surface area contributed by atoms with Gasteiger partial charge in [-0.15, -0.1) is 0 Å². The van der Waals surface area contributed by atoms with Crippen molar-refractivity contribution in [3.8, 4) is 0 Å². The highest BCUT2D eigenvalue weighted by atomic mass is 35.5. The van der Waals surface area contributed by atoms with Crippen LogP contribution in [0.25, 0.3) is 0 Å². The lowest BCUT2D eigenvalue weighted by Gasteiger charge is -2.22. The maximum atomic E-state index is 12.5. The molecule has 24 heavy (non-hydrogen) atoms. The number of aromatic amines is 1. The third-order valence-corrected chi connectivity index (χ3v) is 4.65. The first-order valence-corrected chi connectivity index (χ1v) is 8.29. The molecule has 3 heterocycles. The minimum absolute atomic E-state index is 0.0480. The number of nitrogens with one attached hydrogen (secondary N) is 1. The number of hydrogen-bond acceptors (Lipinski definition) is 4. The van der Waals surface area contributed by atoms with Crippen molar-refractivity contribution in [2.75, 3.05) is 26.2 Å². The van der Waals surface area contributed by atoms with Crippen LogP contribution in [-0.2, 0) is 13.6 Å². The summed E-state index contributed by atoms with van der Waals surface area (Å²) in [7, 11) is 1.90. The van der Waals surface area contributed by atoms with Crippen molar-refractivity contribution in [3.63, 3.8) is 0 Å². The second kappa shape index (κ2) is 7.19. The number of H-pyrrole nitrogens is 1. The van der Waals surface area contributed by atoms with Crippen molar-refractivity contribution in [2.45, 2.75) is 13.0 Å². The summed E-state index contributed by atoms with van der Waals surface area (Å²) in [6.45, 7) is 3.75. The third kappa shape index (κ3) is 3.68. The molecule has 0 aromatic carbocycles. The van der Waals surface area contributed by atoms with Gasteiger partial charge < -0.3 is 14.5 Å². The Labute approximate surface area is 144 Å². The van der Waals surface area contributed by atoms with Crippen molar-refractivity contribution in [2.24, 2.45) is 7.05 Å². The highest BCUT2D eigenvalue weighted by molar-refractivity contribution is 6.29. The van der Waals surface area contributed by atoms with Gasteiger partial charge in [-0.3, -0.25) is 14.5 Å². The number of hydrogen-bond donors (Lipinski definition) is 1. The first-order valence-electron chi connectivity index (χ1n) is 7.91. The fraction of sp³-hybridized carbons (Fsp3) is 0.438. The van der Waals surface area contributed by atoms with Gasteiger partial charge in [0.1, 0.15) is 11.0 Å². The Bertz CT molecular complexity index is 765. The molecule has 8 heteroatoms. The van der Waals surface area contributed by atoms with Crippen LogP contribution in [-0.4, -0.2) is 56.4 Å². The van der Waals surface area contributed by atoms with E-state index in [1.807, 2.05) is 16.5 Å². The monoisotopic (exact) mass is 349 g/mol. The van der Waals surface area contributed by atoms with Crippen LogP contribution in [0.15, 0.2) is 29.3 Å². The summed E-state index contributed by atoms with van der Waals surface area (Å²) in [4.78, 5) is 34.6. The highest BCUT2D eigenvalue weighted by Crippen LogP contribution is 2.13. The molecule has 3 rings (SSSR count). The first kappa shape index (κ1) is 16.7. The number of halogens is 1. The zero-order valence-electron chi connectivity index (χ0n) is 13.5. The fourth-order valence-electron chi connectivity index (χ4n) is 2.83. The van der Waals surface area contributed by atoms with Crippen molar-refractivity contribution < 1.29 is 4.79 Å². The van der Waals surface area contributed by atoms with Gasteiger partial charge in [-0.05, 0) is 12.5 Å². The van der Waals surface area contributed by atoms with Crippen molar-refractivity contribution in [1.29, 1.82) is 0 Å². The maximum absolute atomic E-state index is 12.5. The molecule has 1 amide bonds. The van der Waals surface area contributed by atoms with E-state index >= 15 is 0 Å². The van der Waals surface area contributed by atoms with Gasteiger partial charge >= 0.3 is 0 Å². The van der Waals surface area contributed by atoms with Gasteiger partial charge in [-0.25, -0.2) is 4.98 Å². The van der Waals surface area contributed by atoms with E-state index in [9.17, 15) is 9.59 Å². The first-order chi connectivity index (χ1) is 11.5. The standard InChI is InChI=1S/C16H20ClN5O2/c1-20-13(17)10-18-14(20)11-21-5-2-6-22(8-7-21)16(24)12-3-4-15(23)19-9-12/h3-4,9-10H,2,5-8,11H2,1H3,(H,19,23). The SMILES string of the molecule is Cn1c(Cl)cnc1CN1CCCN(C(=O)c2ccc(=O)[nH]c2)CC1. The zero-order valence-corrected chi connectivity index (χ0v) is 14.3. The minimum Gasteiger partial charge on any atom is -0.337 e. The van der Waals surface area contributed by atoms with Gasteiger partial charge in [-0.2, -0.15) is 0 Å². The number of carbonyl (C=O) groups excluding carboxylic acids is 1. The molecule has 1 saturated heterocycles. The summed E-state index contributed by atoms with van der Waals surface area (Å²) in [5.74, 6) is 0.869. The number of nitrogens with zero attached hydrogens (tertiary/aromatic N) is 4. The normalized spacial score (nSPS) is 16.2. The zero-order chi connectivity index (χ0) is 17.1. The predicted octanol–water partition coefficient (Wildman–Crippen LogP) is 1.11. The molecule has 1 aliphatic rings. The van der Waals surface area contributed by atoms with Gasteiger partial charge in [0.15, 0.2) is 0 Å². The van der Waals surface area contributed by atoms with Crippen LogP contribution >= 0.6 is 11.6 Å². The molecule has 0 spiro atoms. The molecule has 128 valence electrons. The van der Waals surface area contributed by atoms with Gasteiger partial charge in [0.05, 0.1) is 18.3 Å². The van der Waals surface area contributed by atoms with E-state index in [0.717, 1.165) is 25.3 Å². The number of aromatic nitrogens is 3. The number of amides is 1. The molecule has 0 aliphatic carbocycles. The van der Waals surface area contributed by atoms with E-state index in [1.54, 1.807) is 12.3 Å². The largest absolute Gasteiger partial charge is 0.337 e. The van der Waals surface area contributed by atoms with Crippen molar-refractivity contribution in [3.05, 3.63) is 51.4 Å². The Morgan fingerprint density at radius 2 is 2.12 bits per heavy atom. The topological polar surface area (TPSA) is 74.2 Å². The summed E-state index contributed by atoms with van der Waals surface area (Å²) in [6.07, 6.45) is 4.02. The van der Waals surface area contributed by atoms with Crippen LogP contribution < -0.4 is 5.56 Å². The molecule has 1 aliphatic heterocycles. The van der Waals surface area contributed by atoms with E-state index in [0.29, 0.717) is 30.4 Å². The van der Waals surface area contributed by atoms with Crippen LogP contribution in [0.3, 0.4) is 0 Å². The summed E-state index contributed by atoms with van der Waals surface area (Å²) in [5.41, 5.74) is 0.307. The smallest absolute Gasteiger partial charge is 0.255 e. The molecule has 0 unspecified atom stereocenters. The molecule has 2 aromatic rings. The Balaban J connectivity index is 1.62. The Morgan fingerprint density at radius 1 is 1.29 bits per heavy atom. The predicted molar refractivity (Wildman–Crippen MR) is 91.1 cm³/mol. The summed E-state index contributed by atoms with van der Waals surface area (Å²) in [5, 5.41) is 0.620. The van der Waals surface area contributed by atoms with Gasteiger partial charge in [0.25, 0.3) is 5.91 Å². The molecule has 0 atom stereocenters. The Hall–Kier alpha value is -2.12. The second-order valence-electron chi connectivity index (χ2n) is 5.92. The van der Waals surface area contributed by atoms with Gasteiger partial charge in [0.2, 0.25) is 5.56 Å². The quantitative estimate of drug-likeness (QED) is 0.900. The summed E-state index contributed by atoms with van der Waals surface area (Å²) < 4.78 is 1.87. The molecular weight excluding hydrogens is 330 g/mol. The van der Waals surface area contributed by atoms with E-state index < -0.39 is 0 Å². The average Bonchev–Trinajstić information content (AvgIpc) is 2.79. The fourth-order valence-corrected chi connectivity index (χ4v) is 2.98. The third-order valence-electron chi connectivity index (χ3n) is 4.30. The molecule has 0 saturated carbocycles.